The summed E-state index contributed by atoms with van der Waals surface area (Å²) in [7, 11) is -2.03. The van der Waals surface area contributed by atoms with Crippen LogP contribution in [0.25, 0.3) is 22.6 Å². The standard InChI is InChI=1S/C34H51FN4O4Si/c1-21-27(22(2)42-39-21)29-28(35)32(36-20-24-15-17-40-18-16-24)38-31(37-29)25-13-12-14-26(19-25)41-30(33(4,5)6)23(3)43-44(10,11)34(7,8)9/h12-14,19,23-24,30H,15-18,20H2,1-11H3,(H,36,37,38). The number of rotatable bonds is 10. The maximum Gasteiger partial charge on any atom is 0.192 e. The fourth-order valence-corrected chi connectivity index (χ4v) is 6.81. The second-order valence-corrected chi connectivity index (χ2v) is 19.5. The second-order valence-electron chi connectivity index (χ2n) is 14.7. The number of hydrogen-bond donors (Lipinski definition) is 1. The summed E-state index contributed by atoms with van der Waals surface area (Å²) in [4.78, 5) is 9.40. The van der Waals surface area contributed by atoms with Gasteiger partial charge in [-0.05, 0) is 69.8 Å². The monoisotopic (exact) mass is 626 g/mol. The van der Waals surface area contributed by atoms with Gasteiger partial charge in [0.05, 0.1) is 17.4 Å². The van der Waals surface area contributed by atoms with E-state index in [1.54, 1.807) is 13.8 Å². The minimum absolute atomic E-state index is 0.0823. The molecule has 1 N–H and O–H groups in total. The molecule has 0 radical (unpaired) electrons. The van der Waals surface area contributed by atoms with E-state index in [9.17, 15) is 0 Å². The number of halogens is 1. The van der Waals surface area contributed by atoms with Crippen molar-refractivity contribution in [2.45, 2.75) is 105 Å². The molecule has 0 saturated carbocycles. The molecule has 2 atom stereocenters. The molecule has 1 aliphatic rings. The van der Waals surface area contributed by atoms with Gasteiger partial charge in [0.25, 0.3) is 0 Å². The van der Waals surface area contributed by atoms with Gasteiger partial charge in [0.2, 0.25) is 0 Å². The molecule has 1 saturated heterocycles. The third-order valence-electron chi connectivity index (χ3n) is 8.94. The molecule has 0 bridgehead atoms. The molecule has 0 amide bonds. The van der Waals surface area contributed by atoms with Crippen molar-refractivity contribution in [3.05, 3.63) is 41.5 Å². The van der Waals surface area contributed by atoms with Crippen LogP contribution in [0.4, 0.5) is 10.2 Å². The number of aromatic nitrogens is 3. The minimum Gasteiger partial charge on any atom is -0.487 e. The van der Waals surface area contributed by atoms with Crippen molar-refractivity contribution in [3.63, 3.8) is 0 Å². The smallest absolute Gasteiger partial charge is 0.192 e. The molecule has 2 aromatic heterocycles. The molecule has 44 heavy (non-hydrogen) atoms. The van der Waals surface area contributed by atoms with E-state index in [2.05, 4.69) is 77.0 Å². The molecule has 1 aliphatic heterocycles. The minimum atomic E-state index is -2.03. The van der Waals surface area contributed by atoms with E-state index in [-0.39, 0.29) is 34.2 Å². The molecule has 3 aromatic rings. The number of ether oxygens (including phenoxy) is 2. The van der Waals surface area contributed by atoms with Gasteiger partial charge in [0.1, 0.15) is 23.3 Å². The third-order valence-corrected chi connectivity index (χ3v) is 13.5. The summed E-state index contributed by atoms with van der Waals surface area (Å²) in [5.74, 6) is 1.59. The lowest BCUT2D eigenvalue weighted by atomic mass is 9.86. The predicted octanol–water partition coefficient (Wildman–Crippen LogP) is 8.60. The van der Waals surface area contributed by atoms with Crippen LogP contribution in [-0.2, 0) is 9.16 Å². The quantitative estimate of drug-likeness (QED) is 0.224. The SMILES string of the molecule is Cc1noc(C)c1-c1nc(-c2cccc(OC(C(C)O[Si](C)(C)C(C)(C)C)C(C)(C)C)c2)nc(NCC2CCOCC2)c1F. The number of benzene rings is 1. The Morgan fingerprint density at radius 3 is 2.34 bits per heavy atom. The highest BCUT2D eigenvalue weighted by atomic mass is 28.4. The molecule has 3 heterocycles. The molecule has 0 aliphatic carbocycles. The van der Waals surface area contributed by atoms with Crippen LogP contribution in [-0.4, -0.2) is 55.4 Å². The van der Waals surface area contributed by atoms with Crippen LogP contribution in [0.3, 0.4) is 0 Å². The van der Waals surface area contributed by atoms with Crippen molar-refractivity contribution in [2.24, 2.45) is 11.3 Å². The summed E-state index contributed by atoms with van der Waals surface area (Å²) in [5.41, 5.74) is 1.80. The van der Waals surface area contributed by atoms with Crippen molar-refractivity contribution < 1.29 is 22.8 Å². The highest BCUT2D eigenvalue weighted by Crippen LogP contribution is 2.40. The number of hydrogen-bond acceptors (Lipinski definition) is 8. The van der Waals surface area contributed by atoms with Gasteiger partial charge in [0.15, 0.2) is 25.8 Å². The van der Waals surface area contributed by atoms with Gasteiger partial charge in [-0.1, -0.05) is 58.8 Å². The molecule has 8 nitrogen and oxygen atoms in total. The van der Waals surface area contributed by atoms with Crippen LogP contribution < -0.4 is 10.1 Å². The molecule has 0 spiro atoms. The molecule has 10 heteroatoms. The summed E-state index contributed by atoms with van der Waals surface area (Å²) >= 11 is 0. The molecule has 1 aromatic carbocycles. The molecule has 2 unspecified atom stereocenters. The topological polar surface area (TPSA) is 91.5 Å². The highest BCUT2D eigenvalue weighted by Gasteiger charge is 2.42. The van der Waals surface area contributed by atoms with Gasteiger partial charge in [-0.25, -0.2) is 14.4 Å². The maximum atomic E-state index is 16.0. The first-order valence-corrected chi connectivity index (χ1v) is 18.7. The van der Waals surface area contributed by atoms with Gasteiger partial charge >= 0.3 is 0 Å². The average molecular weight is 627 g/mol. The first kappa shape index (κ1) is 34.1. The highest BCUT2D eigenvalue weighted by molar-refractivity contribution is 6.74. The number of nitrogens with zero attached hydrogens (tertiary/aromatic N) is 3. The van der Waals surface area contributed by atoms with Gasteiger partial charge in [-0.3, -0.25) is 0 Å². The van der Waals surface area contributed by atoms with Crippen LogP contribution in [0.1, 0.15) is 72.8 Å². The van der Waals surface area contributed by atoms with E-state index in [0.29, 0.717) is 41.1 Å². The first-order chi connectivity index (χ1) is 20.5. The fourth-order valence-electron chi connectivity index (χ4n) is 5.41. The van der Waals surface area contributed by atoms with Gasteiger partial charge < -0.3 is 23.7 Å². The lowest BCUT2D eigenvalue weighted by Gasteiger charge is -2.43. The molecule has 242 valence electrons. The molecular weight excluding hydrogens is 575 g/mol. The fraction of sp³-hybridized carbons (Fsp3) is 0.618. The van der Waals surface area contributed by atoms with Crippen LogP contribution >= 0.6 is 0 Å². The predicted molar refractivity (Wildman–Crippen MR) is 176 cm³/mol. The van der Waals surface area contributed by atoms with Crippen LogP contribution in [0, 0.1) is 31.0 Å². The number of nitrogens with one attached hydrogen (secondary N) is 1. The average Bonchev–Trinajstić information content (AvgIpc) is 3.27. The summed E-state index contributed by atoms with van der Waals surface area (Å²) < 4.78 is 40.4. The molecule has 1 fully saturated rings. The van der Waals surface area contributed by atoms with E-state index in [1.807, 2.05) is 24.3 Å². The first-order valence-electron chi connectivity index (χ1n) is 15.7. The van der Waals surface area contributed by atoms with E-state index >= 15 is 4.39 Å². The van der Waals surface area contributed by atoms with Crippen molar-refractivity contribution in [2.75, 3.05) is 25.1 Å². The van der Waals surface area contributed by atoms with E-state index in [0.717, 1.165) is 31.6 Å². The Morgan fingerprint density at radius 2 is 1.75 bits per heavy atom. The van der Waals surface area contributed by atoms with E-state index in [4.69, 9.17) is 23.4 Å². The Kier molecular flexibility index (Phi) is 10.3. The maximum absolute atomic E-state index is 16.0. The Bertz CT molecular complexity index is 1400. The van der Waals surface area contributed by atoms with Gasteiger partial charge in [-0.15, -0.1) is 0 Å². The zero-order chi connectivity index (χ0) is 32.4. The Labute approximate surface area is 263 Å². The summed E-state index contributed by atoms with van der Waals surface area (Å²) in [6.45, 7) is 25.5. The summed E-state index contributed by atoms with van der Waals surface area (Å²) in [5, 5.41) is 7.40. The van der Waals surface area contributed by atoms with Gasteiger partial charge in [-0.2, -0.15) is 0 Å². The van der Waals surface area contributed by atoms with Crippen molar-refractivity contribution in [1.82, 2.24) is 15.1 Å². The number of anilines is 1. The van der Waals surface area contributed by atoms with Crippen LogP contribution in [0.15, 0.2) is 28.8 Å². The van der Waals surface area contributed by atoms with Crippen molar-refractivity contribution >= 4 is 14.1 Å². The lowest BCUT2D eigenvalue weighted by molar-refractivity contribution is -0.0110. The Balaban J connectivity index is 1.69. The number of aryl methyl sites for hydroxylation is 2. The zero-order valence-electron chi connectivity index (χ0n) is 28.4. The third kappa shape index (κ3) is 7.87. The summed E-state index contributed by atoms with van der Waals surface area (Å²) in [6, 6.07) is 7.69. The van der Waals surface area contributed by atoms with Crippen molar-refractivity contribution in [1.29, 1.82) is 0 Å². The van der Waals surface area contributed by atoms with Crippen molar-refractivity contribution in [3.8, 4) is 28.4 Å². The Hall–Kier alpha value is -2.82. The zero-order valence-corrected chi connectivity index (χ0v) is 29.4. The van der Waals surface area contributed by atoms with Gasteiger partial charge in [0, 0.05) is 30.7 Å². The Morgan fingerprint density at radius 1 is 1.07 bits per heavy atom. The largest absolute Gasteiger partial charge is 0.487 e. The van der Waals surface area contributed by atoms with Crippen LogP contribution in [0.2, 0.25) is 18.1 Å². The second kappa shape index (κ2) is 13.3. The molecule has 4 rings (SSSR count). The van der Waals surface area contributed by atoms with Crippen LogP contribution in [0.5, 0.6) is 5.75 Å². The van der Waals surface area contributed by atoms with E-state index in [1.165, 1.54) is 0 Å². The normalized spacial score (nSPS) is 16.5. The van der Waals surface area contributed by atoms with E-state index < -0.39 is 14.1 Å². The lowest BCUT2D eigenvalue weighted by Crippen LogP contribution is -2.50. The molecular formula is C34H51FN4O4Si. The summed E-state index contributed by atoms with van der Waals surface area (Å²) in [6.07, 6.45) is 1.51.